The van der Waals surface area contributed by atoms with E-state index >= 15 is 0 Å². The van der Waals surface area contributed by atoms with Crippen LogP contribution in [0.15, 0.2) is 12.1 Å². The lowest BCUT2D eigenvalue weighted by Crippen LogP contribution is -2.26. The lowest BCUT2D eigenvalue weighted by atomic mass is 10.2. The summed E-state index contributed by atoms with van der Waals surface area (Å²) < 4.78 is 0.563. The van der Waals surface area contributed by atoms with Gasteiger partial charge in [0.15, 0.2) is 5.78 Å². The summed E-state index contributed by atoms with van der Waals surface area (Å²) in [5, 5.41) is 11.0. The van der Waals surface area contributed by atoms with Crippen LogP contribution in [0.25, 0.3) is 0 Å². The molecular weight excluding hydrogens is 250 g/mol. The highest BCUT2D eigenvalue weighted by Crippen LogP contribution is 2.22. The SMILES string of the molecule is O=C(CCC(=O)c1ccc(Cl)s1)NCCO. The number of aliphatic hydroxyl groups is 1. The molecule has 1 heterocycles. The van der Waals surface area contributed by atoms with Crippen LogP contribution in [0.2, 0.25) is 4.34 Å². The molecule has 1 amide bonds. The first-order valence-corrected chi connectivity index (χ1v) is 5.99. The van der Waals surface area contributed by atoms with Gasteiger partial charge in [0.1, 0.15) is 0 Å². The molecule has 6 heteroatoms. The van der Waals surface area contributed by atoms with Crippen LogP contribution in [0.4, 0.5) is 0 Å². The predicted octanol–water partition coefficient (Wildman–Crippen LogP) is 1.47. The Balaban J connectivity index is 2.33. The number of nitrogens with one attached hydrogen (secondary N) is 1. The Labute approximate surface area is 102 Å². The Morgan fingerprint density at radius 1 is 1.38 bits per heavy atom. The van der Waals surface area contributed by atoms with Crippen molar-refractivity contribution in [1.29, 1.82) is 0 Å². The van der Waals surface area contributed by atoms with Gasteiger partial charge in [-0.05, 0) is 12.1 Å². The van der Waals surface area contributed by atoms with E-state index in [-0.39, 0.29) is 37.7 Å². The van der Waals surface area contributed by atoms with Crippen LogP contribution in [0.1, 0.15) is 22.5 Å². The number of Topliss-reactive ketones (excluding diaryl/α,β-unsaturated/α-hetero) is 1. The van der Waals surface area contributed by atoms with Gasteiger partial charge in [0.25, 0.3) is 0 Å². The van der Waals surface area contributed by atoms with Gasteiger partial charge in [0.05, 0.1) is 15.8 Å². The van der Waals surface area contributed by atoms with Gasteiger partial charge in [0.2, 0.25) is 5.91 Å². The zero-order valence-corrected chi connectivity index (χ0v) is 10.1. The Morgan fingerprint density at radius 3 is 2.69 bits per heavy atom. The minimum absolute atomic E-state index is 0.0870. The number of aliphatic hydroxyl groups excluding tert-OH is 1. The maximum absolute atomic E-state index is 11.6. The molecule has 1 aromatic rings. The van der Waals surface area contributed by atoms with Gasteiger partial charge in [-0.25, -0.2) is 0 Å². The van der Waals surface area contributed by atoms with E-state index in [1.807, 2.05) is 0 Å². The molecule has 2 N–H and O–H groups in total. The molecule has 0 unspecified atom stereocenters. The Kier molecular flexibility index (Phi) is 5.45. The molecule has 0 saturated heterocycles. The minimum Gasteiger partial charge on any atom is -0.395 e. The third kappa shape index (κ3) is 4.30. The molecule has 0 radical (unpaired) electrons. The van der Waals surface area contributed by atoms with Crippen molar-refractivity contribution < 1.29 is 14.7 Å². The van der Waals surface area contributed by atoms with Gasteiger partial charge in [-0.1, -0.05) is 11.6 Å². The summed E-state index contributed by atoms with van der Waals surface area (Å²) in [5.41, 5.74) is 0. The van der Waals surface area contributed by atoms with Crippen LogP contribution in [0.3, 0.4) is 0 Å². The maximum atomic E-state index is 11.6. The lowest BCUT2D eigenvalue weighted by molar-refractivity contribution is -0.121. The van der Waals surface area contributed by atoms with Gasteiger partial charge >= 0.3 is 0 Å². The molecule has 0 saturated carbocycles. The molecule has 0 aliphatic carbocycles. The van der Waals surface area contributed by atoms with E-state index in [0.717, 1.165) is 0 Å². The molecule has 1 rings (SSSR count). The van der Waals surface area contributed by atoms with Gasteiger partial charge < -0.3 is 10.4 Å². The topological polar surface area (TPSA) is 66.4 Å². The molecule has 0 aliphatic heterocycles. The largest absolute Gasteiger partial charge is 0.395 e. The van der Waals surface area contributed by atoms with Crippen LogP contribution in [-0.4, -0.2) is 29.9 Å². The highest BCUT2D eigenvalue weighted by atomic mass is 35.5. The summed E-state index contributed by atoms with van der Waals surface area (Å²) in [5.74, 6) is -0.318. The average molecular weight is 262 g/mol. The Hall–Kier alpha value is -0.910. The standard InChI is InChI=1S/C10H12ClNO3S/c11-9-3-2-8(16-9)7(14)1-4-10(15)12-5-6-13/h2-3,13H,1,4-6H2,(H,12,15). The molecule has 0 aliphatic rings. The predicted molar refractivity (Wildman–Crippen MR) is 63.0 cm³/mol. The summed E-state index contributed by atoms with van der Waals surface area (Å²) in [4.78, 5) is 23.3. The van der Waals surface area contributed by atoms with Crippen molar-refractivity contribution in [3.63, 3.8) is 0 Å². The summed E-state index contributed by atoms with van der Waals surface area (Å²) in [6.45, 7) is 0.123. The first kappa shape index (κ1) is 13.2. The summed E-state index contributed by atoms with van der Waals surface area (Å²) in [6.07, 6.45) is 0.294. The first-order chi connectivity index (χ1) is 7.63. The van der Waals surface area contributed by atoms with E-state index in [4.69, 9.17) is 16.7 Å². The fourth-order valence-electron chi connectivity index (χ4n) is 1.10. The second kappa shape index (κ2) is 6.62. The second-order valence-electron chi connectivity index (χ2n) is 3.10. The lowest BCUT2D eigenvalue weighted by Gasteiger charge is -2.01. The van der Waals surface area contributed by atoms with E-state index < -0.39 is 0 Å². The van der Waals surface area contributed by atoms with Gasteiger partial charge in [-0.15, -0.1) is 11.3 Å². The van der Waals surface area contributed by atoms with Crippen LogP contribution >= 0.6 is 22.9 Å². The van der Waals surface area contributed by atoms with Crippen LogP contribution in [-0.2, 0) is 4.79 Å². The summed E-state index contributed by atoms with van der Waals surface area (Å²) in [7, 11) is 0. The number of rotatable bonds is 6. The van der Waals surface area contributed by atoms with Crippen LogP contribution in [0.5, 0.6) is 0 Å². The number of carbonyl (C=O) groups is 2. The Bertz CT molecular complexity index is 378. The van der Waals surface area contributed by atoms with E-state index in [2.05, 4.69) is 5.32 Å². The summed E-state index contributed by atoms with van der Waals surface area (Å²) >= 11 is 6.90. The van der Waals surface area contributed by atoms with Crippen molar-refractivity contribution in [2.24, 2.45) is 0 Å². The quantitative estimate of drug-likeness (QED) is 0.762. The smallest absolute Gasteiger partial charge is 0.220 e. The maximum Gasteiger partial charge on any atom is 0.220 e. The number of ketones is 1. The molecule has 0 bridgehead atoms. The minimum atomic E-state index is -0.231. The van der Waals surface area contributed by atoms with Crippen molar-refractivity contribution in [1.82, 2.24) is 5.32 Å². The first-order valence-electron chi connectivity index (χ1n) is 4.79. The molecule has 0 atom stereocenters. The number of amides is 1. The van der Waals surface area contributed by atoms with Crippen LogP contribution in [0, 0.1) is 0 Å². The zero-order valence-electron chi connectivity index (χ0n) is 8.53. The van der Waals surface area contributed by atoms with E-state index in [9.17, 15) is 9.59 Å². The monoisotopic (exact) mass is 261 g/mol. The molecule has 0 aromatic carbocycles. The normalized spacial score (nSPS) is 10.1. The van der Waals surface area contributed by atoms with Crippen molar-refractivity contribution >= 4 is 34.6 Å². The molecule has 0 spiro atoms. The molecule has 1 aromatic heterocycles. The molecule has 4 nitrogen and oxygen atoms in total. The van der Waals surface area contributed by atoms with Crippen LogP contribution < -0.4 is 5.32 Å². The second-order valence-corrected chi connectivity index (χ2v) is 4.82. The molecule has 16 heavy (non-hydrogen) atoms. The highest BCUT2D eigenvalue weighted by Gasteiger charge is 2.10. The molecule has 88 valence electrons. The fraction of sp³-hybridized carbons (Fsp3) is 0.400. The van der Waals surface area contributed by atoms with Crippen molar-refractivity contribution in [3.05, 3.63) is 21.3 Å². The number of hydrogen-bond acceptors (Lipinski definition) is 4. The van der Waals surface area contributed by atoms with Crippen molar-refractivity contribution in [2.45, 2.75) is 12.8 Å². The summed E-state index contributed by atoms with van der Waals surface area (Å²) in [6, 6.07) is 3.31. The van der Waals surface area contributed by atoms with Gasteiger partial charge in [-0.3, -0.25) is 9.59 Å². The van der Waals surface area contributed by atoms with Gasteiger partial charge in [0, 0.05) is 19.4 Å². The number of carbonyl (C=O) groups excluding carboxylic acids is 2. The molecule has 0 fully saturated rings. The highest BCUT2D eigenvalue weighted by molar-refractivity contribution is 7.18. The number of halogens is 1. The number of thiophene rings is 1. The van der Waals surface area contributed by atoms with Crippen molar-refractivity contribution in [3.8, 4) is 0 Å². The Morgan fingerprint density at radius 2 is 2.12 bits per heavy atom. The average Bonchev–Trinajstić information content (AvgIpc) is 2.69. The molecular formula is C10H12ClNO3S. The fourth-order valence-corrected chi connectivity index (χ4v) is 2.11. The van der Waals surface area contributed by atoms with E-state index in [1.165, 1.54) is 11.3 Å². The van der Waals surface area contributed by atoms with Crippen molar-refractivity contribution in [2.75, 3.05) is 13.2 Å². The van der Waals surface area contributed by atoms with E-state index in [1.54, 1.807) is 12.1 Å². The van der Waals surface area contributed by atoms with E-state index in [0.29, 0.717) is 9.21 Å². The third-order valence-corrected chi connectivity index (χ3v) is 3.13. The number of hydrogen-bond donors (Lipinski definition) is 2. The zero-order chi connectivity index (χ0) is 12.0. The van der Waals surface area contributed by atoms with Gasteiger partial charge in [-0.2, -0.15) is 0 Å². The third-order valence-electron chi connectivity index (χ3n) is 1.86.